The molecule has 13 heavy (non-hydrogen) atoms. The second-order valence-electron chi connectivity index (χ2n) is 2.35. The Hall–Kier alpha value is -1.34. The normalized spacial score (nSPS) is 8.69. The van der Waals surface area contributed by atoms with Crippen LogP contribution in [0.2, 0.25) is 0 Å². The van der Waals surface area contributed by atoms with Crippen LogP contribution in [-0.2, 0) is 11.2 Å². The Morgan fingerprint density at radius 3 is 3.23 bits per heavy atom. The maximum absolute atomic E-state index is 11.2. The van der Waals surface area contributed by atoms with Crippen LogP contribution in [0.3, 0.4) is 0 Å². The van der Waals surface area contributed by atoms with Crippen molar-refractivity contribution in [2.45, 2.75) is 13.3 Å². The summed E-state index contributed by atoms with van der Waals surface area (Å²) >= 11 is 1.48. The lowest BCUT2D eigenvalue weighted by atomic mass is 10.3. The van der Waals surface area contributed by atoms with Crippen LogP contribution in [0.15, 0.2) is 11.7 Å². The number of thiazole rings is 1. The first-order valence-corrected chi connectivity index (χ1v) is 4.74. The first-order chi connectivity index (χ1) is 6.33. The van der Waals surface area contributed by atoms with E-state index in [-0.39, 0.29) is 5.91 Å². The molecule has 1 rings (SSSR count). The monoisotopic (exact) mass is 194 g/mol. The van der Waals surface area contributed by atoms with E-state index in [4.69, 9.17) is 0 Å². The Morgan fingerprint density at radius 1 is 1.77 bits per heavy atom. The van der Waals surface area contributed by atoms with E-state index in [0.717, 1.165) is 4.88 Å². The first-order valence-electron chi connectivity index (χ1n) is 3.86. The molecule has 0 bridgehead atoms. The number of nitrogens with zero attached hydrogens (tertiary/aromatic N) is 1. The van der Waals surface area contributed by atoms with E-state index in [1.54, 1.807) is 18.6 Å². The van der Waals surface area contributed by atoms with Gasteiger partial charge in [0, 0.05) is 11.1 Å². The fraction of sp³-hybridized carbons (Fsp3) is 0.333. The van der Waals surface area contributed by atoms with Gasteiger partial charge in [0.2, 0.25) is 5.91 Å². The second-order valence-corrected chi connectivity index (χ2v) is 3.32. The standard InChI is InChI=1S/C9H10N2OS/c1-2-3-4-11-9(12)5-8-6-10-7-13-8/h6-7H,4-5H2,1H3,(H,11,12). The number of carbonyl (C=O) groups is 1. The lowest BCUT2D eigenvalue weighted by molar-refractivity contribution is -0.120. The molecule has 68 valence electrons. The summed E-state index contributed by atoms with van der Waals surface area (Å²) in [6.45, 7) is 2.17. The zero-order valence-electron chi connectivity index (χ0n) is 7.33. The molecular weight excluding hydrogens is 184 g/mol. The van der Waals surface area contributed by atoms with E-state index in [2.05, 4.69) is 22.1 Å². The molecule has 1 N–H and O–H groups in total. The van der Waals surface area contributed by atoms with Crippen molar-refractivity contribution in [1.29, 1.82) is 0 Å². The molecule has 1 aromatic heterocycles. The molecule has 1 amide bonds. The predicted molar refractivity (Wildman–Crippen MR) is 52.3 cm³/mol. The van der Waals surface area contributed by atoms with E-state index >= 15 is 0 Å². The molecule has 0 atom stereocenters. The summed E-state index contributed by atoms with van der Waals surface area (Å²) in [4.78, 5) is 16.0. The van der Waals surface area contributed by atoms with Gasteiger partial charge in [0.15, 0.2) is 0 Å². The topological polar surface area (TPSA) is 42.0 Å². The van der Waals surface area contributed by atoms with Gasteiger partial charge in [-0.05, 0) is 6.92 Å². The number of hydrogen-bond acceptors (Lipinski definition) is 3. The van der Waals surface area contributed by atoms with Gasteiger partial charge >= 0.3 is 0 Å². The molecule has 3 nitrogen and oxygen atoms in total. The summed E-state index contributed by atoms with van der Waals surface area (Å²) in [5, 5.41) is 2.69. The van der Waals surface area contributed by atoms with Crippen LogP contribution in [0.4, 0.5) is 0 Å². The fourth-order valence-electron chi connectivity index (χ4n) is 0.781. The van der Waals surface area contributed by atoms with Crippen LogP contribution in [0.5, 0.6) is 0 Å². The number of rotatable bonds is 3. The van der Waals surface area contributed by atoms with Gasteiger partial charge in [-0.3, -0.25) is 9.78 Å². The number of carbonyl (C=O) groups excluding carboxylic acids is 1. The van der Waals surface area contributed by atoms with Crippen molar-refractivity contribution in [1.82, 2.24) is 10.3 Å². The zero-order chi connectivity index (χ0) is 9.52. The van der Waals surface area contributed by atoms with Crippen LogP contribution < -0.4 is 5.32 Å². The lowest BCUT2D eigenvalue weighted by Gasteiger charge is -1.97. The maximum Gasteiger partial charge on any atom is 0.226 e. The van der Waals surface area contributed by atoms with Crippen molar-refractivity contribution in [3.8, 4) is 11.8 Å². The molecule has 1 aromatic rings. The summed E-state index contributed by atoms with van der Waals surface area (Å²) in [5.41, 5.74) is 1.72. The summed E-state index contributed by atoms with van der Waals surface area (Å²) < 4.78 is 0. The van der Waals surface area contributed by atoms with Gasteiger partial charge in [0.1, 0.15) is 0 Å². The molecule has 4 heteroatoms. The Bertz CT molecular complexity index is 321. The van der Waals surface area contributed by atoms with E-state index < -0.39 is 0 Å². The third-order valence-corrected chi connectivity index (χ3v) is 2.15. The van der Waals surface area contributed by atoms with Crippen LogP contribution in [0, 0.1) is 11.8 Å². The average Bonchev–Trinajstić information content (AvgIpc) is 2.57. The molecule has 0 saturated heterocycles. The average molecular weight is 194 g/mol. The van der Waals surface area contributed by atoms with Crippen molar-refractivity contribution in [3.63, 3.8) is 0 Å². The highest BCUT2D eigenvalue weighted by Crippen LogP contribution is 2.05. The summed E-state index contributed by atoms with van der Waals surface area (Å²) in [5.74, 6) is 5.46. The molecule has 0 fully saturated rings. The van der Waals surface area contributed by atoms with Crippen molar-refractivity contribution in [2.75, 3.05) is 6.54 Å². The number of nitrogens with one attached hydrogen (secondary N) is 1. The van der Waals surface area contributed by atoms with Gasteiger partial charge in [-0.1, -0.05) is 5.92 Å². The second kappa shape index (κ2) is 5.33. The van der Waals surface area contributed by atoms with E-state index in [1.165, 1.54) is 11.3 Å². The van der Waals surface area contributed by atoms with Crippen molar-refractivity contribution >= 4 is 17.2 Å². The molecule has 0 aliphatic heterocycles. The molecular formula is C9H10N2OS. The minimum Gasteiger partial charge on any atom is -0.345 e. The maximum atomic E-state index is 11.2. The van der Waals surface area contributed by atoms with Gasteiger partial charge in [-0.15, -0.1) is 17.3 Å². The van der Waals surface area contributed by atoms with Gasteiger partial charge in [-0.25, -0.2) is 0 Å². The summed E-state index contributed by atoms with van der Waals surface area (Å²) in [7, 11) is 0. The van der Waals surface area contributed by atoms with Crippen LogP contribution in [0.25, 0.3) is 0 Å². The summed E-state index contributed by atoms with van der Waals surface area (Å²) in [6.07, 6.45) is 2.10. The van der Waals surface area contributed by atoms with Crippen molar-refractivity contribution < 1.29 is 4.79 Å². The molecule has 0 aromatic carbocycles. The van der Waals surface area contributed by atoms with Gasteiger partial charge in [0.25, 0.3) is 0 Å². The van der Waals surface area contributed by atoms with Crippen molar-refractivity contribution in [2.24, 2.45) is 0 Å². The first kappa shape index (κ1) is 9.75. The van der Waals surface area contributed by atoms with Crippen LogP contribution in [0.1, 0.15) is 11.8 Å². The van der Waals surface area contributed by atoms with Crippen molar-refractivity contribution in [3.05, 3.63) is 16.6 Å². The smallest absolute Gasteiger partial charge is 0.226 e. The molecule has 1 heterocycles. The lowest BCUT2D eigenvalue weighted by Crippen LogP contribution is -2.24. The number of hydrogen-bond donors (Lipinski definition) is 1. The highest BCUT2D eigenvalue weighted by molar-refractivity contribution is 7.09. The molecule has 0 aliphatic rings. The summed E-state index contributed by atoms with van der Waals surface area (Å²) in [6, 6.07) is 0. The highest BCUT2D eigenvalue weighted by Gasteiger charge is 2.02. The van der Waals surface area contributed by atoms with E-state index in [1.807, 2.05) is 0 Å². The minimum absolute atomic E-state index is 0.00741. The fourth-order valence-corrected chi connectivity index (χ4v) is 1.37. The van der Waals surface area contributed by atoms with Gasteiger partial charge in [0.05, 0.1) is 18.5 Å². The largest absolute Gasteiger partial charge is 0.345 e. The Balaban J connectivity index is 2.28. The third kappa shape index (κ3) is 3.72. The Kier molecular flexibility index (Phi) is 4.00. The van der Waals surface area contributed by atoms with E-state index in [9.17, 15) is 4.79 Å². The molecule has 0 spiro atoms. The zero-order valence-corrected chi connectivity index (χ0v) is 8.15. The SMILES string of the molecule is CC#CCNC(=O)Cc1cncs1. The quantitative estimate of drug-likeness (QED) is 0.724. The molecule has 0 saturated carbocycles. The predicted octanol–water partition coefficient (Wildman–Crippen LogP) is 0.825. The molecule has 0 unspecified atom stereocenters. The third-order valence-electron chi connectivity index (χ3n) is 1.37. The Labute approximate surface area is 81.2 Å². The number of amides is 1. The minimum atomic E-state index is -0.00741. The Morgan fingerprint density at radius 2 is 2.62 bits per heavy atom. The number of aromatic nitrogens is 1. The van der Waals surface area contributed by atoms with E-state index in [0.29, 0.717) is 13.0 Å². The highest BCUT2D eigenvalue weighted by atomic mass is 32.1. The molecule has 0 aliphatic carbocycles. The van der Waals surface area contributed by atoms with Gasteiger partial charge < -0.3 is 5.32 Å². The van der Waals surface area contributed by atoms with Crippen LogP contribution >= 0.6 is 11.3 Å². The molecule has 0 radical (unpaired) electrons. The van der Waals surface area contributed by atoms with Crippen LogP contribution in [-0.4, -0.2) is 17.4 Å². The van der Waals surface area contributed by atoms with Gasteiger partial charge in [-0.2, -0.15) is 0 Å².